The number of fused-ring (bicyclic) bond motifs is 1. The fraction of sp³-hybridized carbons (Fsp3) is 0.400. The molecule has 3 heterocycles. The van der Waals surface area contributed by atoms with Gasteiger partial charge in [-0.15, -0.1) is 11.3 Å². The van der Waals surface area contributed by atoms with Crippen molar-refractivity contribution < 1.29 is 0 Å². The van der Waals surface area contributed by atoms with Gasteiger partial charge >= 0.3 is 0 Å². The molecule has 1 unspecified atom stereocenters. The predicted octanol–water partition coefficient (Wildman–Crippen LogP) is 2.99. The molecular formula is C15H19N3S. The molecule has 100 valence electrons. The van der Waals surface area contributed by atoms with Crippen molar-refractivity contribution in [3.05, 3.63) is 45.8 Å². The SMILES string of the molecule is CNCc1cccc(N2CCc3sccc3C2C)n1. The van der Waals surface area contributed by atoms with Crippen molar-refractivity contribution in [2.24, 2.45) is 0 Å². The van der Waals surface area contributed by atoms with E-state index in [-0.39, 0.29) is 0 Å². The highest BCUT2D eigenvalue weighted by Crippen LogP contribution is 2.35. The van der Waals surface area contributed by atoms with Gasteiger partial charge in [0.2, 0.25) is 0 Å². The third kappa shape index (κ3) is 2.38. The number of thiophene rings is 1. The second kappa shape index (κ2) is 5.31. The lowest BCUT2D eigenvalue weighted by Gasteiger charge is -2.34. The molecule has 3 rings (SSSR count). The maximum atomic E-state index is 4.76. The lowest BCUT2D eigenvalue weighted by atomic mass is 10.0. The Labute approximate surface area is 118 Å². The molecule has 3 nitrogen and oxygen atoms in total. The molecule has 1 N–H and O–H groups in total. The Morgan fingerprint density at radius 2 is 2.32 bits per heavy atom. The maximum Gasteiger partial charge on any atom is 0.129 e. The summed E-state index contributed by atoms with van der Waals surface area (Å²) in [5.74, 6) is 1.09. The molecule has 2 aromatic heterocycles. The number of anilines is 1. The van der Waals surface area contributed by atoms with Crippen molar-refractivity contribution in [2.45, 2.75) is 25.9 Å². The van der Waals surface area contributed by atoms with Gasteiger partial charge in [-0.25, -0.2) is 4.98 Å². The second-order valence-electron chi connectivity index (χ2n) is 4.94. The molecule has 0 saturated heterocycles. The van der Waals surface area contributed by atoms with Crippen molar-refractivity contribution >= 4 is 17.2 Å². The van der Waals surface area contributed by atoms with Crippen LogP contribution in [-0.2, 0) is 13.0 Å². The van der Waals surface area contributed by atoms with Crippen LogP contribution in [0.3, 0.4) is 0 Å². The first-order valence-corrected chi connectivity index (χ1v) is 7.61. The van der Waals surface area contributed by atoms with Crippen LogP contribution in [0.4, 0.5) is 5.82 Å². The summed E-state index contributed by atoms with van der Waals surface area (Å²) in [7, 11) is 1.95. The average molecular weight is 273 g/mol. The summed E-state index contributed by atoms with van der Waals surface area (Å²) in [5.41, 5.74) is 2.57. The van der Waals surface area contributed by atoms with Gasteiger partial charge in [-0.2, -0.15) is 0 Å². The Morgan fingerprint density at radius 3 is 3.16 bits per heavy atom. The summed E-state index contributed by atoms with van der Waals surface area (Å²) in [6, 6.07) is 8.98. The first kappa shape index (κ1) is 12.6. The topological polar surface area (TPSA) is 28.2 Å². The van der Waals surface area contributed by atoms with Gasteiger partial charge in [0.05, 0.1) is 11.7 Å². The Kier molecular flexibility index (Phi) is 3.53. The fourth-order valence-corrected chi connectivity index (χ4v) is 3.69. The largest absolute Gasteiger partial charge is 0.349 e. The van der Waals surface area contributed by atoms with E-state index in [0.717, 1.165) is 31.0 Å². The van der Waals surface area contributed by atoms with Crippen LogP contribution in [0.2, 0.25) is 0 Å². The molecule has 0 spiro atoms. The van der Waals surface area contributed by atoms with Gasteiger partial charge in [0, 0.05) is 18.0 Å². The van der Waals surface area contributed by atoms with E-state index >= 15 is 0 Å². The molecular weight excluding hydrogens is 254 g/mol. The van der Waals surface area contributed by atoms with E-state index in [0.29, 0.717) is 6.04 Å². The molecule has 1 atom stereocenters. The summed E-state index contributed by atoms with van der Waals surface area (Å²) < 4.78 is 0. The van der Waals surface area contributed by atoms with E-state index in [1.807, 2.05) is 18.4 Å². The average Bonchev–Trinajstić information content (AvgIpc) is 2.89. The number of pyridine rings is 1. The lowest BCUT2D eigenvalue weighted by Crippen LogP contribution is -2.33. The summed E-state index contributed by atoms with van der Waals surface area (Å²) in [6.07, 6.45) is 1.13. The minimum absolute atomic E-state index is 0.423. The van der Waals surface area contributed by atoms with Crippen LogP contribution in [0.15, 0.2) is 29.6 Å². The molecule has 0 amide bonds. The predicted molar refractivity (Wildman–Crippen MR) is 80.8 cm³/mol. The second-order valence-corrected chi connectivity index (χ2v) is 5.94. The quantitative estimate of drug-likeness (QED) is 0.932. The molecule has 1 aliphatic heterocycles. The molecule has 0 aromatic carbocycles. The number of hydrogen-bond acceptors (Lipinski definition) is 4. The Hall–Kier alpha value is -1.39. The van der Waals surface area contributed by atoms with Crippen LogP contribution in [0.25, 0.3) is 0 Å². The van der Waals surface area contributed by atoms with Crippen LogP contribution >= 0.6 is 11.3 Å². The molecule has 0 saturated carbocycles. The molecule has 0 radical (unpaired) electrons. The Balaban J connectivity index is 1.89. The maximum absolute atomic E-state index is 4.76. The van der Waals surface area contributed by atoms with E-state index in [1.54, 1.807) is 0 Å². The van der Waals surface area contributed by atoms with Gasteiger partial charge in [0.1, 0.15) is 5.82 Å². The van der Waals surface area contributed by atoms with Gasteiger partial charge in [-0.3, -0.25) is 0 Å². The van der Waals surface area contributed by atoms with Crippen LogP contribution in [0.1, 0.15) is 29.1 Å². The van der Waals surface area contributed by atoms with E-state index in [2.05, 4.69) is 46.8 Å². The number of hydrogen-bond donors (Lipinski definition) is 1. The van der Waals surface area contributed by atoms with Crippen LogP contribution in [-0.4, -0.2) is 18.6 Å². The number of aromatic nitrogens is 1. The Bertz CT molecular complexity index is 564. The van der Waals surface area contributed by atoms with Crippen molar-refractivity contribution in [2.75, 3.05) is 18.5 Å². The monoisotopic (exact) mass is 273 g/mol. The number of nitrogens with one attached hydrogen (secondary N) is 1. The molecule has 4 heteroatoms. The van der Waals surface area contributed by atoms with Gasteiger partial charge in [0.15, 0.2) is 0 Å². The van der Waals surface area contributed by atoms with Crippen LogP contribution < -0.4 is 10.2 Å². The summed E-state index contributed by atoms with van der Waals surface area (Å²) in [6.45, 7) is 4.15. The molecule has 0 bridgehead atoms. The summed E-state index contributed by atoms with van der Waals surface area (Å²) in [4.78, 5) is 8.71. The van der Waals surface area contributed by atoms with Gasteiger partial charge in [-0.1, -0.05) is 6.07 Å². The van der Waals surface area contributed by atoms with Crippen molar-refractivity contribution in [1.29, 1.82) is 0 Å². The highest BCUT2D eigenvalue weighted by molar-refractivity contribution is 7.10. The van der Waals surface area contributed by atoms with Crippen molar-refractivity contribution in [3.8, 4) is 0 Å². The third-order valence-electron chi connectivity index (χ3n) is 3.72. The summed E-state index contributed by atoms with van der Waals surface area (Å²) >= 11 is 1.88. The van der Waals surface area contributed by atoms with E-state index in [1.165, 1.54) is 10.4 Å². The molecule has 0 aliphatic carbocycles. The number of rotatable bonds is 3. The molecule has 19 heavy (non-hydrogen) atoms. The molecule has 2 aromatic rings. The smallest absolute Gasteiger partial charge is 0.129 e. The highest BCUT2D eigenvalue weighted by Gasteiger charge is 2.25. The third-order valence-corrected chi connectivity index (χ3v) is 4.72. The zero-order valence-electron chi connectivity index (χ0n) is 11.4. The molecule has 0 fully saturated rings. The van der Waals surface area contributed by atoms with E-state index in [4.69, 9.17) is 4.98 Å². The lowest BCUT2D eigenvalue weighted by molar-refractivity contribution is 0.622. The fourth-order valence-electron chi connectivity index (χ4n) is 2.73. The number of nitrogens with zero attached hydrogens (tertiary/aromatic N) is 2. The normalized spacial score (nSPS) is 18.4. The van der Waals surface area contributed by atoms with Gasteiger partial charge in [-0.05, 0) is 49.5 Å². The molecule has 1 aliphatic rings. The minimum atomic E-state index is 0.423. The van der Waals surface area contributed by atoms with E-state index < -0.39 is 0 Å². The first-order chi connectivity index (χ1) is 9.29. The summed E-state index contributed by atoms with van der Waals surface area (Å²) in [5, 5.41) is 5.36. The minimum Gasteiger partial charge on any atom is -0.349 e. The van der Waals surface area contributed by atoms with Crippen LogP contribution in [0.5, 0.6) is 0 Å². The zero-order chi connectivity index (χ0) is 13.2. The Morgan fingerprint density at radius 1 is 1.42 bits per heavy atom. The van der Waals surface area contributed by atoms with Crippen molar-refractivity contribution in [3.63, 3.8) is 0 Å². The van der Waals surface area contributed by atoms with E-state index in [9.17, 15) is 0 Å². The zero-order valence-corrected chi connectivity index (χ0v) is 12.2. The van der Waals surface area contributed by atoms with Gasteiger partial charge < -0.3 is 10.2 Å². The van der Waals surface area contributed by atoms with Crippen LogP contribution in [0, 0.1) is 0 Å². The van der Waals surface area contributed by atoms with Gasteiger partial charge in [0.25, 0.3) is 0 Å². The highest BCUT2D eigenvalue weighted by atomic mass is 32.1. The standard InChI is InChI=1S/C15H19N3S/c1-11-13-7-9-19-14(13)6-8-18(11)15-5-3-4-12(17-15)10-16-2/h3-5,7,9,11,16H,6,8,10H2,1-2H3. The van der Waals surface area contributed by atoms with Crippen molar-refractivity contribution in [1.82, 2.24) is 10.3 Å². The first-order valence-electron chi connectivity index (χ1n) is 6.73.